The van der Waals surface area contributed by atoms with Crippen LogP contribution in [0.5, 0.6) is 0 Å². The number of hydrogen-bond donors (Lipinski definition) is 5. The number of carbonyl (C=O) groups excluding carboxylic acids is 8. The number of hydrogen-bond acceptors (Lipinski definition) is 14. The summed E-state index contributed by atoms with van der Waals surface area (Å²) in [6.07, 6.45) is 4.52. The molecule has 1 aromatic rings. The normalized spacial score (nSPS) is 18.9. The van der Waals surface area contributed by atoms with Crippen LogP contribution in [0.25, 0.3) is 0 Å². The summed E-state index contributed by atoms with van der Waals surface area (Å²) in [7, 11) is 0. The number of thioether (sulfide) groups is 1. The van der Waals surface area contributed by atoms with E-state index in [4.69, 9.17) is 4.84 Å². The van der Waals surface area contributed by atoms with E-state index in [2.05, 4.69) is 26.6 Å². The monoisotopic (exact) mass is 818 g/mol. The number of amides is 7. The van der Waals surface area contributed by atoms with Gasteiger partial charge in [-0.25, -0.2) is 9.59 Å². The van der Waals surface area contributed by atoms with Crippen molar-refractivity contribution in [3.8, 4) is 0 Å². The van der Waals surface area contributed by atoms with Gasteiger partial charge < -0.3 is 31.4 Å². The summed E-state index contributed by atoms with van der Waals surface area (Å²) in [5.74, 6) is -4.62. The van der Waals surface area contributed by atoms with Gasteiger partial charge in [0.1, 0.15) is 6.04 Å². The summed E-state index contributed by atoms with van der Waals surface area (Å²) < 4.78 is 0. The Morgan fingerprint density at radius 1 is 0.860 bits per heavy atom. The number of nitrogens with zero attached hydrogens (tertiary/aromatic N) is 3. The average molecular weight is 819 g/mol. The third-order valence-corrected chi connectivity index (χ3v) is 11.1. The van der Waals surface area contributed by atoms with Crippen molar-refractivity contribution in [1.82, 2.24) is 31.6 Å². The molecule has 0 aromatic heterocycles. The lowest BCUT2D eigenvalue weighted by molar-refractivity contribution is -0.394. The molecular weight excluding hydrogens is 772 g/mol. The minimum absolute atomic E-state index is 0.0197. The molecule has 0 spiro atoms. The minimum Gasteiger partial charge on any atom is -0.356 e. The fraction of sp³-hybridized carbons (Fsp3) is 0.600. The molecule has 0 aliphatic carbocycles. The Labute approximate surface area is 330 Å². The third-order valence-electron chi connectivity index (χ3n) is 9.58. The van der Waals surface area contributed by atoms with Gasteiger partial charge in [0.2, 0.25) is 17.6 Å². The molecule has 7 amide bonds. The molecular formula is C35H46N8O13S. The van der Waals surface area contributed by atoms with Crippen molar-refractivity contribution in [2.24, 2.45) is 0 Å². The summed E-state index contributed by atoms with van der Waals surface area (Å²) in [4.78, 5) is 124. The lowest BCUT2D eigenvalue weighted by Gasteiger charge is -2.20. The van der Waals surface area contributed by atoms with Gasteiger partial charge in [-0.05, 0) is 51.0 Å². The molecule has 3 saturated heterocycles. The molecule has 4 rings (SSSR count). The summed E-state index contributed by atoms with van der Waals surface area (Å²) >= 11 is 1.85. The summed E-state index contributed by atoms with van der Waals surface area (Å²) in [5.41, 5.74) is -1.63. The zero-order chi connectivity index (χ0) is 41.5. The van der Waals surface area contributed by atoms with Crippen molar-refractivity contribution >= 4 is 70.5 Å². The Hall–Kier alpha value is -5.67. The third kappa shape index (κ3) is 13.5. The number of urea groups is 1. The molecule has 22 heteroatoms. The van der Waals surface area contributed by atoms with E-state index in [1.165, 1.54) is 0 Å². The second-order valence-electron chi connectivity index (χ2n) is 13.8. The quantitative estimate of drug-likeness (QED) is 0.0246. The highest BCUT2D eigenvalue weighted by atomic mass is 32.2. The largest absolute Gasteiger partial charge is 0.356 e. The number of unbranched alkanes of at least 4 members (excludes halogenated alkanes) is 4. The molecule has 3 aliphatic rings. The average Bonchev–Trinajstić information content (AvgIpc) is 3.83. The van der Waals surface area contributed by atoms with Crippen molar-refractivity contribution in [3.63, 3.8) is 0 Å². The van der Waals surface area contributed by atoms with Gasteiger partial charge in [0.25, 0.3) is 29.1 Å². The van der Waals surface area contributed by atoms with Crippen molar-refractivity contribution in [2.75, 3.05) is 18.8 Å². The Balaban J connectivity index is 1.11. The van der Waals surface area contributed by atoms with Crippen molar-refractivity contribution < 1.29 is 53.0 Å². The molecule has 0 radical (unpaired) electrons. The number of benzene rings is 1. The van der Waals surface area contributed by atoms with Gasteiger partial charge in [-0.1, -0.05) is 12.8 Å². The van der Waals surface area contributed by atoms with E-state index in [1.807, 2.05) is 11.8 Å². The van der Waals surface area contributed by atoms with Crippen molar-refractivity contribution in [3.05, 3.63) is 44.0 Å². The summed E-state index contributed by atoms with van der Waals surface area (Å²) in [6, 6.07) is 1.26. The van der Waals surface area contributed by atoms with E-state index < -0.39 is 63.2 Å². The van der Waals surface area contributed by atoms with Crippen LogP contribution < -0.4 is 26.6 Å². The van der Waals surface area contributed by atoms with Gasteiger partial charge in [0.05, 0.1) is 28.0 Å². The summed E-state index contributed by atoms with van der Waals surface area (Å²) in [6.45, 7) is 0.714. The van der Waals surface area contributed by atoms with Gasteiger partial charge in [-0.15, -0.1) is 5.06 Å². The zero-order valence-corrected chi connectivity index (χ0v) is 31.9. The molecule has 2 unspecified atom stereocenters. The predicted octanol–water partition coefficient (Wildman–Crippen LogP) is 1.40. The molecule has 0 bridgehead atoms. The van der Waals surface area contributed by atoms with Gasteiger partial charge >= 0.3 is 12.0 Å². The molecule has 21 nitrogen and oxygen atoms in total. The van der Waals surface area contributed by atoms with E-state index in [9.17, 15) is 58.6 Å². The second kappa shape index (κ2) is 21.6. The molecule has 1 aromatic carbocycles. The maximum Gasteiger partial charge on any atom is 0.355 e. The van der Waals surface area contributed by atoms with Crippen molar-refractivity contribution in [2.45, 2.75) is 113 Å². The zero-order valence-electron chi connectivity index (χ0n) is 31.1. The summed E-state index contributed by atoms with van der Waals surface area (Å²) in [5, 5.41) is 36.8. The Morgan fingerprint density at radius 3 is 2.16 bits per heavy atom. The number of Topliss-reactive ketones (excluding diaryl/α,β-unsaturated/α-hetero) is 1. The predicted molar refractivity (Wildman–Crippen MR) is 200 cm³/mol. The number of hydroxylamine groups is 2. The molecule has 3 heterocycles. The standard InChI is InChI=1S/C35H46N8O13S/c44-26(18-21-12-13-22(42(52)53)19-25(21)43(54)55)33(49)38-23(34(50)56-41-30(47)14-15-31(41)48)8-5-7-17-37-28(45)10-2-1-6-16-36-29(46)11-4-3-9-27-32-24(20-57-27)39-35(51)40-32/h12-13,19,23-24,27,32H,1-11,14-18,20H2,(H,36,46)(H,37,45)(H,38,49)(H2,39,40,51)/t23?,24-,27?,32-/m0/s1. The van der Waals surface area contributed by atoms with Crippen LogP contribution in [0.15, 0.2) is 18.2 Å². The number of nitro groups is 2. The first-order chi connectivity index (χ1) is 27.2. The van der Waals surface area contributed by atoms with Gasteiger partial charge in [0.15, 0.2) is 0 Å². The lowest BCUT2D eigenvalue weighted by Crippen LogP contribution is -2.47. The van der Waals surface area contributed by atoms with Crippen LogP contribution >= 0.6 is 11.8 Å². The number of imide groups is 1. The highest BCUT2D eigenvalue weighted by molar-refractivity contribution is 8.00. The number of rotatable bonds is 24. The number of non-ortho nitro benzene ring substituents is 1. The maximum atomic E-state index is 12.9. The topological polar surface area (TPSA) is 295 Å². The molecule has 310 valence electrons. The van der Waals surface area contributed by atoms with Crippen LogP contribution in [0.1, 0.15) is 89.0 Å². The molecule has 57 heavy (non-hydrogen) atoms. The van der Waals surface area contributed by atoms with Gasteiger partial charge in [0, 0.05) is 67.8 Å². The highest BCUT2D eigenvalue weighted by Gasteiger charge is 2.42. The Bertz CT molecular complexity index is 1730. The van der Waals surface area contributed by atoms with E-state index in [-0.39, 0.29) is 79.2 Å². The number of ketones is 1. The number of fused-ring (bicyclic) bond motifs is 1. The number of carbonyl (C=O) groups is 8. The molecule has 5 N–H and O–H groups in total. The Kier molecular flexibility index (Phi) is 16.7. The van der Waals surface area contributed by atoms with E-state index in [0.717, 1.165) is 43.6 Å². The number of nitrogens with one attached hydrogen (secondary N) is 5. The molecule has 3 aliphatic heterocycles. The van der Waals surface area contributed by atoms with Crippen LogP contribution in [-0.4, -0.2) is 104 Å². The number of nitro benzene ring substituents is 2. The van der Waals surface area contributed by atoms with Crippen LogP contribution in [0.2, 0.25) is 0 Å². The fourth-order valence-electron chi connectivity index (χ4n) is 6.50. The van der Waals surface area contributed by atoms with E-state index >= 15 is 0 Å². The van der Waals surface area contributed by atoms with Crippen LogP contribution in [-0.2, 0) is 44.8 Å². The first-order valence-corrected chi connectivity index (χ1v) is 19.8. The van der Waals surface area contributed by atoms with Crippen LogP contribution in [0, 0.1) is 20.2 Å². The second-order valence-corrected chi connectivity index (χ2v) is 15.1. The lowest BCUT2D eigenvalue weighted by atomic mass is 10.0. The van der Waals surface area contributed by atoms with Crippen molar-refractivity contribution in [1.29, 1.82) is 0 Å². The Morgan fingerprint density at radius 2 is 1.51 bits per heavy atom. The van der Waals surface area contributed by atoms with Gasteiger partial charge in [-0.3, -0.25) is 49.0 Å². The minimum atomic E-state index is -1.52. The van der Waals surface area contributed by atoms with Crippen LogP contribution in [0.3, 0.4) is 0 Å². The van der Waals surface area contributed by atoms with E-state index in [1.54, 1.807) is 0 Å². The van der Waals surface area contributed by atoms with Gasteiger partial charge in [-0.2, -0.15) is 11.8 Å². The fourth-order valence-corrected chi connectivity index (χ4v) is 8.05. The van der Waals surface area contributed by atoms with Crippen LogP contribution in [0.4, 0.5) is 16.2 Å². The SMILES string of the molecule is O=C(CCCCCNC(=O)CCCCC1SC[C@@H]2NC(=O)N[C@H]12)NCCCCC(NC(=O)C(=O)Cc1ccc([N+](=O)[O-])cc1[N+](=O)[O-])C(=O)ON1C(=O)CCC1=O. The smallest absolute Gasteiger partial charge is 0.355 e. The van der Waals surface area contributed by atoms with E-state index in [0.29, 0.717) is 43.5 Å². The maximum absolute atomic E-state index is 12.9. The molecule has 0 saturated carbocycles. The molecule has 4 atom stereocenters. The highest BCUT2D eigenvalue weighted by Crippen LogP contribution is 2.33. The first-order valence-electron chi connectivity index (χ1n) is 18.8. The first kappa shape index (κ1) is 44.0. The molecule has 3 fully saturated rings.